The molecule has 9 heteroatoms. The van der Waals surface area contributed by atoms with Gasteiger partial charge < -0.3 is 19.3 Å². The van der Waals surface area contributed by atoms with Gasteiger partial charge in [0, 0.05) is 25.7 Å². The molecule has 0 radical (unpaired) electrons. The summed E-state index contributed by atoms with van der Waals surface area (Å²) in [6.07, 6.45) is 4.38. The smallest absolute Gasteiger partial charge is 0.235 e. The normalized spacial score (nSPS) is 33.5. The van der Waals surface area contributed by atoms with Crippen LogP contribution in [0.3, 0.4) is 0 Å². The van der Waals surface area contributed by atoms with Gasteiger partial charge in [-0.1, -0.05) is 17.3 Å². The lowest BCUT2D eigenvalue weighted by molar-refractivity contribution is -0.131. The summed E-state index contributed by atoms with van der Waals surface area (Å²) in [5.41, 5.74) is -0.746. The number of fused-ring (bicyclic) bond motifs is 1. The molecule has 4 atom stereocenters. The maximum atomic E-state index is 13.2. The number of nitrogens with one attached hydrogen (secondary N) is 1. The highest BCUT2D eigenvalue weighted by atomic mass is 16.5. The van der Waals surface area contributed by atoms with Gasteiger partial charge in [-0.05, 0) is 19.9 Å². The number of hydrogen-bond donors (Lipinski definition) is 1. The van der Waals surface area contributed by atoms with E-state index in [1.54, 1.807) is 17.9 Å². The Bertz CT molecular complexity index is 833. The molecule has 3 fully saturated rings. The molecule has 1 spiro atoms. The number of morpholine rings is 1. The SMILES string of the molecule is Cc1cc(N2C[C@@]34C=C[C@@H](O3)[C@H](C(=O)NCCCN3CCOCC3)[C@H]4C2=O)no1. The molecule has 156 valence electrons. The predicted molar refractivity (Wildman–Crippen MR) is 102 cm³/mol. The van der Waals surface area contributed by atoms with E-state index in [0.29, 0.717) is 24.7 Å². The number of aryl methyl sites for hydroxylation is 1. The second-order valence-electron chi connectivity index (χ2n) is 8.22. The van der Waals surface area contributed by atoms with E-state index >= 15 is 0 Å². The summed E-state index contributed by atoms with van der Waals surface area (Å²) >= 11 is 0. The third-order valence-electron chi connectivity index (χ3n) is 6.35. The summed E-state index contributed by atoms with van der Waals surface area (Å²) in [4.78, 5) is 30.0. The minimum atomic E-state index is -0.746. The highest BCUT2D eigenvalue weighted by Gasteiger charge is 2.67. The lowest BCUT2D eigenvalue weighted by Gasteiger charge is -2.27. The molecule has 1 aromatic heterocycles. The van der Waals surface area contributed by atoms with E-state index < -0.39 is 17.4 Å². The van der Waals surface area contributed by atoms with Crippen molar-refractivity contribution in [3.8, 4) is 0 Å². The standard InChI is InChI=1S/C20H26N4O5/c1-13-11-15(22-29-13)24-12-20-4-3-14(28-20)16(17(20)19(24)26)18(25)21-5-2-6-23-7-9-27-10-8-23/h3-4,11,14,16-17H,2,5-10,12H2,1H3,(H,21,25)/t14-,16+,17+,20-/m1/s1. The molecular weight excluding hydrogens is 376 g/mol. The summed E-state index contributed by atoms with van der Waals surface area (Å²) in [6, 6.07) is 1.73. The maximum Gasteiger partial charge on any atom is 0.235 e. The molecule has 4 aliphatic rings. The van der Waals surface area contributed by atoms with Crippen molar-refractivity contribution in [3.63, 3.8) is 0 Å². The number of aromatic nitrogens is 1. The lowest BCUT2D eigenvalue weighted by Crippen LogP contribution is -2.45. The minimum Gasteiger partial charge on any atom is -0.379 e. The van der Waals surface area contributed by atoms with Crippen molar-refractivity contribution in [2.45, 2.75) is 25.0 Å². The van der Waals surface area contributed by atoms with Crippen LogP contribution in [-0.2, 0) is 19.1 Å². The number of rotatable bonds is 6. The topological polar surface area (TPSA) is 97.1 Å². The highest BCUT2D eigenvalue weighted by molar-refractivity contribution is 6.02. The Hall–Kier alpha value is -2.23. The summed E-state index contributed by atoms with van der Waals surface area (Å²) in [6.45, 7) is 7.08. The number of ether oxygens (including phenoxy) is 2. The van der Waals surface area contributed by atoms with Gasteiger partial charge in [0.25, 0.3) is 0 Å². The first-order valence-electron chi connectivity index (χ1n) is 10.3. The monoisotopic (exact) mass is 402 g/mol. The van der Waals surface area contributed by atoms with E-state index in [2.05, 4.69) is 15.4 Å². The minimum absolute atomic E-state index is 0.111. The van der Waals surface area contributed by atoms with Crippen molar-refractivity contribution in [1.29, 1.82) is 0 Å². The molecule has 0 unspecified atom stereocenters. The average Bonchev–Trinajstić information content (AvgIpc) is 3.47. The van der Waals surface area contributed by atoms with Gasteiger partial charge in [-0.25, -0.2) is 0 Å². The van der Waals surface area contributed by atoms with E-state index in [9.17, 15) is 9.59 Å². The first kappa shape index (κ1) is 18.8. The van der Waals surface area contributed by atoms with Crippen LogP contribution in [0, 0.1) is 18.8 Å². The van der Waals surface area contributed by atoms with E-state index in [4.69, 9.17) is 14.0 Å². The number of hydrogen-bond acceptors (Lipinski definition) is 7. The van der Waals surface area contributed by atoms with Gasteiger partial charge in [-0.15, -0.1) is 0 Å². The van der Waals surface area contributed by atoms with Crippen LogP contribution in [0.2, 0.25) is 0 Å². The largest absolute Gasteiger partial charge is 0.379 e. The summed E-state index contributed by atoms with van der Waals surface area (Å²) in [7, 11) is 0. The number of anilines is 1. The van der Waals surface area contributed by atoms with Crippen LogP contribution < -0.4 is 10.2 Å². The van der Waals surface area contributed by atoms with E-state index in [0.717, 1.165) is 39.3 Å². The second kappa shape index (κ2) is 7.23. The fourth-order valence-electron chi connectivity index (χ4n) is 4.93. The van der Waals surface area contributed by atoms with E-state index in [1.807, 2.05) is 12.2 Å². The van der Waals surface area contributed by atoms with Gasteiger partial charge in [0.2, 0.25) is 11.8 Å². The van der Waals surface area contributed by atoms with Gasteiger partial charge in [-0.3, -0.25) is 19.4 Å². The number of nitrogens with zero attached hydrogens (tertiary/aromatic N) is 3. The van der Waals surface area contributed by atoms with Gasteiger partial charge in [0.1, 0.15) is 11.4 Å². The van der Waals surface area contributed by atoms with Crippen molar-refractivity contribution in [3.05, 3.63) is 24.0 Å². The van der Waals surface area contributed by atoms with Crippen LogP contribution in [0.5, 0.6) is 0 Å². The van der Waals surface area contributed by atoms with Crippen molar-refractivity contribution < 1.29 is 23.6 Å². The molecule has 0 saturated carbocycles. The molecule has 2 amide bonds. The fraction of sp³-hybridized carbons (Fsp3) is 0.650. The highest BCUT2D eigenvalue weighted by Crippen LogP contribution is 2.52. The van der Waals surface area contributed by atoms with Crippen molar-refractivity contribution in [1.82, 2.24) is 15.4 Å². The molecular formula is C20H26N4O5. The Balaban J connectivity index is 1.22. The molecule has 5 heterocycles. The number of amides is 2. The summed E-state index contributed by atoms with van der Waals surface area (Å²) in [5.74, 6) is -0.153. The van der Waals surface area contributed by atoms with Crippen LogP contribution in [0.4, 0.5) is 5.82 Å². The van der Waals surface area contributed by atoms with Crippen molar-refractivity contribution in [2.24, 2.45) is 11.8 Å². The predicted octanol–water partition coefficient (Wildman–Crippen LogP) is 0.108. The molecule has 9 nitrogen and oxygen atoms in total. The van der Waals surface area contributed by atoms with Gasteiger partial charge in [0.15, 0.2) is 5.82 Å². The second-order valence-corrected chi connectivity index (χ2v) is 8.22. The van der Waals surface area contributed by atoms with Gasteiger partial charge in [0.05, 0.1) is 37.7 Å². The number of carbonyl (C=O) groups excluding carboxylic acids is 2. The molecule has 29 heavy (non-hydrogen) atoms. The zero-order valence-corrected chi connectivity index (χ0v) is 16.5. The zero-order valence-electron chi connectivity index (χ0n) is 16.5. The van der Waals surface area contributed by atoms with Crippen molar-refractivity contribution >= 4 is 17.6 Å². The molecule has 4 aliphatic heterocycles. The Morgan fingerprint density at radius 2 is 2.21 bits per heavy atom. The molecule has 1 aromatic rings. The van der Waals surface area contributed by atoms with Gasteiger partial charge >= 0.3 is 0 Å². The molecule has 5 rings (SSSR count). The first-order valence-corrected chi connectivity index (χ1v) is 10.3. The molecule has 2 bridgehead atoms. The maximum absolute atomic E-state index is 13.2. The molecule has 0 aromatic carbocycles. The third kappa shape index (κ3) is 3.17. The summed E-state index contributed by atoms with van der Waals surface area (Å²) in [5, 5.41) is 6.99. The third-order valence-corrected chi connectivity index (χ3v) is 6.35. The Labute approximate surface area is 169 Å². The Morgan fingerprint density at radius 3 is 2.97 bits per heavy atom. The van der Waals surface area contributed by atoms with Crippen LogP contribution in [0.15, 0.2) is 22.7 Å². The molecule has 0 aliphatic carbocycles. The lowest BCUT2D eigenvalue weighted by atomic mass is 9.77. The molecule has 3 saturated heterocycles. The van der Waals surface area contributed by atoms with Crippen LogP contribution in [0.25, 0.3) is 0 Å². The van der Waals surface area contributed by atoms with Gasteiger partial charge in [-0.2, -0.15) is 0 Å². The van der Waals surface area contributed by atoms with E-state index in [-0.39, 0.29) is 17.9 Å². The van der Waals surface area contributed by atoms with Crippen molar-refractivity contribution in [2.75, 3.05) is 50.8 Å². The van der Waals surface area contributed by atoms with Crippen LogP contribution >= 0.6 is 0 Å². The first-order chi connectivity index (χ1) is 14.1. The number of carbonyl (C=O) groups is 2. The quantitative estimate of drug-likeness (QED) is 0.533. The van der Waals surface area contributed by atoms with Crippen LogP contribution in [0.1, 0.15) is 12.2 Å². The molecule has 1 N–H and O–H groups in total. The fourth-order valence-corrected chi connectivity index (χ4v) is 4.93. The Kier molecular flexibility index (Phi) is 4.68. The zero-order chi connectivity index (χ0) is 20.0. The summed E-state index contributed by atoms with van der Waals surface area (Å²) < 4.78 is 16.6. The van der Waals surface area contributed by atoms with E-state index in [1.165, 1.54) is 0 Å². The Morgan fingerprint density at radius 1 is 1.38 bits per heavy atom. The average molecular weight is 402 g/mol. The van der Waals surface area contributed by atoms with Crippen LogP contribution in [-0.4, -0.2) is 79.5 Å².